The fourth-order valence-corrected chi connectivity index (χ4v) is 2.08. The first kappa shape index (κ1) is 12.9. The van der Waals surface area contributed by atoms with Crippen LogP contribution in [0.5, 0.6) is 0 Å². The smallest absolute Gasteiger partial charge is 0.325 e. The molecule has 1 aromatic carbocycles. The summed E-state index contributed by atoms with van der Waals surface area (Å²) in [6.07, 6.45) is -4.14. The lowest BCUT2D eigenvalue weighted by Crippen LogP contribution is -2.37. The Hall–Kier alpha value is -1.56. The average Bonchev–Trinajstić information content (AvgIpc) is 2.52. The molecule has 2 rings (SSSR count). The molecule has 0 saturated carbocycles. The Morgan fingerprint density at radius 2 is 1.83 bits per heavy atom. The van der Waals surface area contributed by atoms with E-state index in [4.69, 9.17) is 5.73 Å². The molecule has 6 heteroatoms. The number of amides is 1. The third kappa shape index (κ3) is 2.20. The van der Waals surface area contributed by atoms with E-state index in [1.54, 1.807) is 6.92 Å². The number of benzene rings is 1. The molecule has 1 aliphatic heterocycles. The monoisotopic (exact) mass is 258 g/mol. The zero-order valence-electron chi connectivity index (χ0n) is 9.74. The van der Waals surface area contributed by atoms with Crippen molar-refractivity contribution in [3.05, 3.63) is 29.8 Å². The molecular weight excluding hydrogens is 245 g/mol. The van der Waals surface area contributed by atoms with E-state index in [1.165, 1.54) is 17.0 Å². The largest absolute Gasteiger partial charge is 0.416 e. The van der Waals surface area contributed by atoms with Crippen LogP contribution >= 0.6 is 0 Å². The zero-order valence-corrected chi connectivity index (χ0v) is 9.74. The van der Waals surface area contributed by atoms with Crippen LogP contribution in [0.15, 0.2) is 24.3 Å². The Bertz CT molecular complexity index is 455. The standard InChI is InChI=1S/C12H13F3N2O/c1-7-10(16)6-11(18)17(7)9-4-2-8(3-5-9)12(13,14)15/h2-5,7,10H,6,16H2,1H3. The number of hydrogen-bond acceptors (Lipinski definition) is 2. The first-order valence-electron chi connectivity index (χ1n) is 5.55. The summed E-state index contributed by atoms with van der Waals surface area (Å²) in [7, 11) is 0. The van der Waals surface area contributed by atoms with Gasteiger partial charge in [0.1, 0.15) is 0 Å². The lowest BCUT2D eigenvalue weighted by atomic mass is 10.1. The second kappa shape index (κ2) is 4.28. The molecule has 1 fully saturated rings. The minimum atomic E-state index is -4.37. The van der Waals surface area contributed by atoms with Gasteiger partial charge in [-0.15, -0.1) is 0 Å². The van der Waals surface area contributed by atoms with Gasteiger partial charge in [-0.05, 0) is 31.2 Å². The lowest BCUT2D eigenvalue weighted by Gasteiger charge is -2.23. The number of carbonyl (C=O) groups excluding carboxylic acids is 1. The second-order valence-corrected chi connectivity index (χ2v) is 4.42. The summed E-state index contributed by atoms with van der Waals surface area (Å²) in [5.74, 6) is -0.158. The highest BCUT2D eigenvalue weighted by molar-refractivity contribution is 5.97. The minimum Gasteiger partial charge on any atom is -0.325 e. The van der Waals surface area contributed by atoms with Gasteiger partial charge in [0.25, 0.3) is 0 Å². The highest BCUT2D eigenvalue weighted by atomic mass is 19.4. The molecule has 0 aromatic heterocycles. The summed E-state index contributed by atoms with van der Waals surface area (Å²) in [5, 5.41) is 0. The van der Waals surface area contributed by atoms with Gasteiger partial charge in [0.05, 0.1) is 5.56 Å². The molecule has 2 N–H and O–H groups in total. The Kier molecular flexibility index (Phi) is 3.06. The first-order valence-corrected chi connectivity index (χ1v) is 5.55. The number of carbonyl (C=O) groups is 1. The summed E-state index contributed by atoms with van der Waals surface area (Å²) in [6.45, 7) is 1.78. The number of anilines is 1. The summed E-state index contributed by atoms with van der Waals surface area (Å²) in [6, 6.07) is 4.07. The number of halogens is 3. The topological polar surface area (TPSA) is 46.3 Å². The van der Waals surface area contributed by atoms with Crippen LogP contribution in [0.2, 0.25) is 0 Å². The maximum Gasteiger partial charge on any atom is 0.416 e. The third-order valence-electron chi connectivity index (χ3n) is 3.18. The molecule has 2 unspecified atom stereocenters. The van der Waals surface area contributed by atoms with E-state index in [2.05, 4.69) is 0 Å². The van der Waals surface area contributed by atoms with Gasteiger partial charge in [-0.2, -0.15) is 13.2 Å². The second-order valence-electron chi connectivity index (χ2n) is 4.42. The Labute approximate surface area is 102 Å². The van der Waals surface area contributed by atoms with Crippen LogP contribution in [0.3, 0.4) is 0 Å². The van der Waals surface area contributed by atoms with Crippen molar-refractivity contribution in [2.45, 2.75) is 31.6 Å². The Morgan fingerprint density at radius 1 is 1.28 bits per heavy atom. The SMILES string of the molecule is CC1C(N)CC(=O)N1c1ccc(C(F)(F)F)cc1. The van der Waals surface area contributed by atoms with E-state index < -0.39 is 11.7 Å². The van der Waals surface area contributed by atoms with Gasteiger partial charge in [0.2, 0.25) is 5.91 Å². The number of nitrogens with two attached hydrogens (primary N) is 1. The van der Waals surface area contributed by atoms with E-state index in [1.807, 2.05) is 0 Å². The van der Waals surface area contributed by atoms with Gasteiger partial charge >= 0.3 is 6.18 Å². The molecule has 0 radical (unpaired) electrons. The van der Waals surface area contributed by atoms with Crippen molar-refractivity contribution in [1.29, 1.82) is 0 Å². The molecule has 3 nitrogen and oxygen atoms in total. The van der Waals surface area contributed by atoms with Gasteiger partial charge in [0, 0.05) is 24.2 Å². The molecule has 2 atom stereocenters. The molecule has 1 amide bonds. The summed E-state index contributed by atoms with van der Waals surface area (Å²) < 4.78 is 37.2. The highest BCUT2D eigenvalue weighted by Gasteiger charge is 2.36. The summed E-state index contributed by atoms with van der Waals surface area (Å²) >= 11 is 0. The van der Waals surface area contributed by atoms with Crippen molar-refractivity contribution >= 4 is 11.6 Å². The maximum atomic E-state index is 12.4. The normalized spacial score (nSPS) is 24.7. The van der Waals surface area contributed by atoms with Crippen molar-refractivity contribution < 1.29 is 18.0 Å². The quantitative estimate of drug-likeness (QED) is 0.839. The van der Waals surface area contributed by atoms with E-state index >= 15 is 0 Å². The fourth-order valence-electron chi connectivity index (χ4n) is 2.08. The maximum absolute atomic E-state index is 12.4. The molecule has 1 saturated heterocycles. The summed E-state index contributed by atoms with van der Waals surface area (Å²) in [4.78, 5) is 13.2. The zero-order chi connectivity index (χ0) is 13.5. The Balaban J connectivity index is 2.28. The number of hydrogen-bond donors (Lipinski definition) is 1. The van der Waals surface area contributed by atoms with Crippen molar-refractivity contribution in [3.63, 3.8) is 0 Å². The molecule has 0 spiro atoms. The Morgan fingerprint density at radius 3 is 2.22 bits per heavy atom. The van der Waals surface area contributed by atoms with Crippen molar-refractivity contribution in [1.82, 2.24) is 0 Å². The van der Waals surface area contributed by atoms with E-state index in [9.17, 15) is 18.0 Å². The van der Waals surface area contributed by atoms with Crippen LogP contribution in [0.1, 0.15) is 18.9 Å². The lowest BCUT2D eigenvalue weighted by molar-refractivity contribution is -0.137. The van der Waals surface area contributed by atoms with Crippen molar-refractivity contribution in [3.8, 4) is 0 Å². The molecule has 18 heavy (non-hydrogen) atoms. The van der Waals surface area contributed by atoms with Crippen molar-refractivity contribution in [2.75, 3.05) is 4.90 Å². The molecule has 1 heterocycles. The van der Waals surface area contributed by atoms with Gasteiger partial charge in [0.15, 0.2) is 0 Å². The first-order chi connectivity index (χ1) is 8.30. The minimum absolute atomic E-state index is 0.158. The highest BCUT2D eigenvalue weighted by Crippen LogP contribution is 2.32. The molecule has 1 aliphatic rings. The summed E-state index contributed by atoms with van der Waals surface area (Å²) in [5.41, 5.74) is 5.48. The van der Waals surface area contributed by atoms with E-state index in [0.717, 1.165) is 12.1 Å². The number of nitrogens with zero attached hydrogens (tertiary/aromatic N) is 1. The number of rotatable bonds is 1. The van der Waals surface area contributed by atoms with E-state index in [-0.39, 0.29) is 24.4 Å². The van der Waals surface area contributed by atoms with Crippen LogP contribution in [-0.2, 0) is 11.0 Å². The van der Waals surface area contributed by atoms with E-state index in [0.29, 0.717) is 5.69 Å². The third-order valence-corrected chi connectivity index (χ3v) is 3.18. The predicted molar refractivity (Wildman–Crippen MR) is 61.0 cm³/mol. The number of alkyl halides is 3. The van der Waals surface area contributed by atoms with Gasteiger partial charge in [-0.3, -0.25) is 4.79 Å². The van der Waals surface area contributed by atoms with Gasteiger partial charge < -0.3 is 10.6 Å². The van der Waals surface area contributed by atoms with Crippen LogP contribution in [-0.4, -0.2) is 18.0 Å². The molecule has 0 bridgehead atoms. The van der Waals surface area contributed by atoms with Crippen LogP contribution < -0.4 is 10.6 Å². The molecule has 98 valence electrons. The average molecular weight is 258 g/mol. The predicted octanol–water partition coefficient (Wildman–Crippen LogP) is 2.16. The van der Waals surface area contributed by atoms with Crippen LogP contribution in [0.4, 0.5) is 18.9 Å². The van der Waals surface area contributed by atoms with Crippen molar-refractivity contribution in [2.24, 2.45) is 5.73 Å². The van der Waals surface area contributed by atoms with Crippen LogP contribution in [0, 0.1) is 0 Å². The molecule has 0 aliphatic carbocycles. The molecule has 1 aromatic rings. The molecular formula is C12H13F3N2O. The fraction of sp³-hybridized carbons (Fsp3) is 0.417. The van der Waals surface area contributed by atoms with Crippen LogP contribution in [0.25, 0.3) is 0 Å². The van der Waals surface area contributed by atoms with Gasteiger partial charge in [-0.25, -0.2) is 0 Å². The van der Waals surface area contributed by atoms with Gasteiger partial charge in [-0.1, -0.05) is 0 Å².